The molecule has 5 heteroatoms. The number of para-hydroxylation sites is 3. The molecule has 1 heterocycles. The number of carbonyl (C=O) groups is 1. The first-order valence-electron chi connectivity index (χ1n) is 10.3. The fourth-order valence-electron chi connectivity index (χ4n) is 3.66. The summed E-state index contributed by atoms with van der Waals surface area (Å²) >= 11 is 5.99. The maximum atomic E-state index is 13.4. The molecule has 156 valence electrons. The molecular weight excluding hydrogens is 406 g/mol. The lowest BCUT2D eigenvalue weighted by Gasteiger charge is -2.27. The average Bonchev–Trinajstić information content (AvgIpc) is 3.11. The van der Waals surface area contributed by atoms with Crippen molar-refractivity contribution in [1.29, 1.82) is 0 Å². The van der Waals surface area contributed by atoms with Crippen LogP contribution in [0.5, 0.6) is 0 Å². The lowest BCUT2D eigenvalue weighted by molar-refractivity contribution is -0.119. The van der Waals surface area contributed by atoms with Gasteiger partial charge in [-0.3, -0.25) is 4.79 Å². The van der Waals surface area contributed by atoms with Gasteiger partial charge in [-0.2, -0.15) is 0 Å². The van der Waals surface area contributed by atoms with Crippen molar-refractivity contribution in [3.63, 3.8) is 0 Å². The number of hydrogen-bond donors (Lipinski definition) is 0. The standard InChI is InChI=1S/C26H24ClN3O/c1-19(2)30(22-8-4-3-5-9-22)26(31)18-29-24-11-7-6-10-23(24)28-25(29)17-14-20-12-15-21(27)16-13-20/h3-17,19H,18H2,1-2H3/b17-14+. The van der Waals surface area contributed by atoms with Crippen LogP contribution in [0.15, 0.2) is 78.9 Å². The molecule has 1 aromatic heterocycles. The number of rotatable bonds is 6. The minimum absolute atomic E-state index is 0.0190. The number of benzene rings is 3. The highest BCUT2D eigenvalue weighted by molar-refractivity contribution is 6.30. The molecule has 0 N–H and O–H groups in total. The minimum Gasteiger partial charge on any atom is -0.315 e. The van der Waals surface area contributed by atoms with Crippen LogP contribution in [0.2, 0.25) is 5.02 Å². The maximum Gasteiger partial charge on any atom is 0.247 e. The quantitative estimate of drug-likeness (QED) is 0.360. The van der Waals surface area contributed by atoms with Gasteiger partial charge in [-0.25, -0.2) is 4.98 Å². The van der Waals surface area contributed by atoms with Crippen LogP contribution in [0.25, 0.3) is 23.2 Å². The van der Waals surface area contributed by atoms with Gasteiger partial charge in [-0.1, -0.05) is 60.1 Å². The zero-order chi connectivity index (χ0) is 21.8. The Kier molecular flexibility index (Phi) is 6.19. The van der Waals surface area contributed by atoms with Gasteiger partial charge >= 0.3 is 0 Å². The summed E-state index contributed by atoms with van der Waals surface area (Å²) in [5.41, 5.74) is 3.71. The van der Waals surface area contributed by atoms with Crippen LogP contribution in [-0.2, 0) is 11.3 Å². The molecule has 0 atom stereocenters. The number of hydrogen-bond acceptors (Lipinski definition) is 2. The van der Waals surface area contributed by atoms with E-state index < -0.39 is 0 Å². The highest BCUT2D eigenvalue weighted by Crippen LogP contribution is 2.22. The lowest BCUT2D eigenvalue weighted by atomic mass is 10.2. The van der Waals surface area contributed by atoms with E-state index in [-0.39, 0.29) is 18.5 Å². The van der Waals surface area contributed by atoms with E-state index in [0.29, 0.717) is 5.02 Å². The predicted molar refractivity (Wildman–Crippen MR) is 129 cm³/mol. The van der Waals surface area contributed by atoms with Crippen LogP contribution in [0, 0.1) is 0 Å². The average molecular weight is 430 g/mol. The molecule has 0 saturated heterocycles. The van der Waals surface area contributed by atoms with E-state index in [1.54, 1.807) is 0 Å². The number of amides is 1. The van der Waals surface area contributed by atoms with Crippen molar-refractivity contribution in [1.82, 2.24) is 9.55 Å². The van der Waals surface area contributed by atoms with E-state index in [4.69, 9.17) is 16.6 Å². The summed E-state index contributed by atoms with van der Waals surface area (Å²) in [6.45, 7) is 4.25. The SMILES string of the molecule is CC(C)N(C(=O)Cn1c(/C=C/c2ccc(Cl)cc2)nc2ccccc21)c1ccccc1. The monoisotopic (exact) mass is 429 g/mol. The third-order valence-electron chi connectivity index (χ3n) is 5.09. The van der Waals surface area contributed by atoms with Gasteiger partial charge in [0.15, 0.2) is 0 Å². The molecule has 0 saturated carbocycles. The van der Waals surface area contributed by atoms with Crippen LogP contribution in [0.1, 0.15) is 25.2 Å². The second kappa shape index (κ2) is 9.19. The van der Waals surface area contributed by atoms with Gasteiger partial charge in [-0.15, -0.1) is 0 Å². The molecule has 0 unspecified atom stereocenters. The molecule has 4 aromatic rings. The first-order chi connectivity index (χ1) is 15.0. The van der Waals surface area contributed by atoms with Crippen molar-refractivity contribution in [2.75, 3.05) is 4.90 Å². The summed E-state index contributed by atoms with van der Waals surface area (Å²) < 4.78 is 1.97. The Morgan fingerprint density at radius 1 is 0.968 bits per heavy atom. The summed E-state index contributed by atoms with van der Waals surface area (Å²) in [5.74, 6) is 0.756. The second-order valence-electron chi connectivity index (χ2n) is 7.62. The van der Waals surface area contributed by atoms with Gasteiger partial charge in [0.25, 0.3) is 0 Å². The predicted octanol–water partition coefficient (Wildman–Crippen LogP) is 6.30. The normalized spacial score (nSPS) is 11.5. The molecule has 31 heavy (non-hydrogen) atoms. The first-order valence-corrected chi connectivity index (χ1v) is 10.7. The molecule has 0 aliphatic rings. The molecule has 0 fully saturated rings. The molecule has 3 aromatic carbocycles. The van der Waals surface area contributed by atoms with Crippen molar-refractivity contribution in [3.8, 4) is 0 Å². The van der Waals surface area contributed by atoms with Crippen molar-refractivity contribution in [2.45, 2.75) is 26.4 Å². The Hall–Kier alpha value is -3.37. The maximum absolute atomic E-state index is 13.4. The topological polar surface area (TPSA) is 38.1 Å². The summed E-state index contributed by atoms with van der Waals surface area (Å²) in [7, 11) is 0. The van der Waals surface area contributed by atoms with E-state index in [1.807, 2.05) is 114 Å². The Morgan fingerprint density at radius 3 is 2.35 bits per heavy atom. The summed E-state index contributed by atoms with van der Waals surface area (Å²) in [4.78, 5) is 20.0. The van der Waals surface area contributed by atoms with E-state index >= 15 is 0 Å². The van der Waals surface area contributed by atoms with Gasteiger partial charge in [0.1, 0.15) is 12.4 Å². The van der Waals surface area contributed by atoms with Gasteiger partial charge in [0.2, 0.25) is 5.91 Å². The van der Waals surface area contributed by atoms with E-state index in [1.165, 1.54) is 0 Å². The molecule has 0 aliphatic heterocycles. The number of carbonyl (C=O) groups excluding carboxylic acids is 1. The molecule has 0 radical (unpaired) electrons. The summed E-state index contributed by atoms with van der Waals surface area (Å²) in [6.07, 6.45) is 3.93. The van der Waals surface area contributed by atoms with Crippen molar-refractivity contribution >= 4 is 46.4 Å². The Labute approximate surface area is 187 Å². The third-order valence-corrected chi connectivity index (χ3v) is 5.34. The van der Waals surface area contributed by atoms with Crippen molar-refractivity contribution < 1.29 is 4.79 Å². The highest BCUT2D eigenvalue weighted by Gasteiger charge is 2.21. The van der Waals surface area contributed by atoms with Crippen molar-refractivity contribution in [2.24, 2.45) is 0 Å². The zero-order valence-corrected chi connectivity index (χ0v) is 18.3. The fourth-order valence-corrected chi connectivity index (χ4v) is 3.79. The first kappa shape index (κ1) is 20.9. The molecule has 0 bridgehead atoms. The number of halogens is 1. The molecule has 4 rings (SSSR count). The smallest absolute Gasteiger partial charge is 0.247 e. The number of aromatic nitrogens is 2. The van der Waals surface area contributed by atoms with Crippen LogP contribution >= 0.6 is 11.6 Å². The van der Waals surface area contributed by atoms with E-state index in [0.717, 1.165) is 28.1 Å². The fraction of sp³-hybridized carbons (Fsp3) is 0.154. The third kappa shape index (κ3) is 4.70. The zero-order valence-electron chi connectivity index (χ0n) is 17.6. The Bertz CT molecular complexity index is 1210. The second-order valence-corrected chi connectivity index (χ2v) is 8.06. The summed E-state index contributed by atoms with van der Waals surface area (Å²) in [5, 5.41) is 0.699. The molecule has 0 spiro atoms. The van der Waals surface area contributed by atoms with Gasteiger partial charge < -0.3 is 9.47 Å². The molecular formula is C26H24ClN3O. The molecule has 0 aliphatic carbocycles. The van der Waals surface area contributed by atoms with Crippen LogP contribution in [0.3, 0.4) is 0 Å². The molecule has 4 nitrogen and oxygen atoms in total. The van der Waals surface area contributed by atoms with Crippen LogP contribution in [0.4, 0.5) is 5.69 Å². The lowest BCUT2D eigenvalue weighted by Crippen LogP contribution is -2.39. The number of imidazole rings is 1. The Balaban J connectivity index is 1.69. The minimum atomic E-state index is 0.0190. The van der Waals surface area contributed by atoms with E-state index in [9.17, 15) is 4.79 Å². The van der Waals surface area contributed by atoms with Gasteiger partial charge in [0.05, 0.1) is 11.0 Å². The summed E-state index contributed by atoms with van der Waals surface area (Å²) in [6, 6.07) is 25.3. The van der Waals surface area contributed by atoms with Gasteiger partial charge in [-0.05, 0) is 61.9 Å². The van der Waals surface area contributed by atoms with Gasteiger partial charge in [0, 0.05) is 16.8 Å². The van der Waals surface area contributed by atoms with E-state index in [2.05, 4.69) is 0 Å². The Morgan fingerprint density at radius 2 is 1.65 bits per heavy atom. The highest BCUT2D eigenvalue weighted by atomic mass is 35.5. The van der Waals surface area contributed by atoms with Crippen LogP contribution < -0.4 is 4.90 Å². The number of nitrogens with zero attached hydrogens (tertiary/aromatic N) is 3. The van der Waals surface area contributed by atoms with Crippen molar-refractivity contribution in [3.05, 3.63) is 95.3 Å². The largest absolute Gasteiger partial charge is 0.315 e. The number of anilines is 1. The van der Waals surface area contributed by atoms with Crippen LogP contribution in [-0.4, -0.2) is 21.5 Å². The number of fused-ring (bicyclic) bond motifs is 1. The molecule has 1 amide bonds.